The summed E-state index contributed by atoms with van der Waals surface area (Å²) >= 11 is 2.17. The van der Waals surface area contributed by atoms with Crippen LogP contribution in [0.1, 0.15) is 0 Å². The topological polar surface area (TPSA) is 72.9 Å². The average molecular weight is 342 g/mol. The first-order valence-electron chi connectivity index (χ1n) is 4.97. The van der Waals surface area contributed by atoms with Crippen molar-refractivity contribution in [1.82, 2.24) is 9.78 Å². The normalized spacial score (nSPS) is 10.2. The molecule has 0 saturated heterocycles. The lowest BCUT2D eigenvalue weighted by Crippen LogP contribution is -2.19. The lowest BCUT2D eigenvalue weighted by Gasteiger charge is -2.06. The van der Waals surface area contributed by atoms with Gasteiger partial charge in [-0.25, -0.2) is 0 Å². The summed E-state index contributed by atoms with van der Waals surface area (Å²) in [5.41, 5.74) is 6.87. The van der Waals surface area contributed by atoms with E-state index in [2.05, 4.69) is 33.0 Å². The van der Waals surface area contributed by atoms with E-state index in [1.807, 2.05) is 24.3 Å². The summed E-state index contributed by atoms with van der Waals surface area (Å²) in [5.74, 6) is -0.128. The highest BCUT2D eigenvalue weighted by Gasteiger charge is 2.06. The van der Waals surface area contributed by atoms with Crippen molar-refractivity contribution in [2.75, 3.05) is 11.1 Å². The van der Waals surface area contributed by atoms with Crippen LogP contribution >= 0.6 is 22.6 Å². The van der Waals surface area contributed by atoms with Gasteiger partial charge in [0.05, 0.1) is 17.6 Å². The average Bonchev–Trinajstić information content (AvgIpc) is 2.67. The number of amides is 1. The molecular weight excluding hydrogens is 331 g/mol. The van der Waals surface area contributed by atoms with Crippen LogP contribution in [0.25, 0.3) is 0 Å². The van der Waals surface area contributed by atoms with Crippen molar-refractivity contribution in [3.05, 3.63) is 40.2 Å². The highest BCUT2D eigenvalue weighted by molar-refractivity contribution is 14.1. The van der Waals surface area contributed by atoms with Crippen molar-refractivity contribution in [2.45, 2.75) is 6.54 Å². The predicted octanol–water partition coefficient (Wildman–Crippen LogP) is 1.71. The molecule has 3 N–H and O–H groups in total. The van der Waals surface area contributed by atoms with E-state index >= 15 is 0 Å². The van der Waals surface area contributed by atoms with Crippen LogP contribution in [0.15, 0.2) is 36.7 Å². The zero-order valence-electron chi connectivity index (χ0n) is 8.93. The van der Waals surface area contributed by atoms with Gasteiger partial charge in [-0.15, -0.1) is 0 Å². The maximum Gasteiger partial charge on any atom is 0.246 e. The molecule has 2 rings (SSSR count). The van der Waals surface area contributed by atoms with E-state index in [1.165, 1.54) is 10.9 Å². The molecule has 0 aliphatic carbocycles. The van der Waals surface area contributed by atoms with E-state index in [0.717, 1.165) is 9.26 Å². The second-order valence-corrected chi connectivity index (χ2v) is 4.66. The van der Waals surface area contributed by atoms with Crippen molar-refractivity contribution in [1.29, 1.82) is 0 Å². The Kier molecular flexibility index (Phi) is 3.62. The maximum atomic E-state index is 11.7. The first kappa shape index (κ1) is 11.9. The quantitative estimate of drug-likeness (QED) is 0.834. The minimum Gasteiger partial charge on any atom is -0.396 e. The number of carbonyl (C=O) groups is 1. The number of halogens is 1. The molecule has 0 bridgehead atoms. The molecule has 0 unspecified atom stereocenters. The number of anilines is 2. The predicted molar refractivity (Wildman–Crippen MR) is 74.4 cm³/mol. The summed E-state index contributed by atoms with van der Waals surface area (Å²) in [6.45, 7) is 0.155. The van der Waals surface area contributed by atoms with Crippen molar-refractivity contribution >= 4 is 39.9 Å². The minimum absolute atomic E-state index is 0.128. The molecule has 0 aliphatic heterocycles. The molecule has 2 aromatic rings. The van der Waals surface area contributed by atoms with Crippen molar-refractivity contribution in [3.8, 4) is 0 Å². The molecule has 5 nitrogen and oxygen atoms in total. The van der Waals surface area contributed by atoms with Crippen LogP contribution in [-0.2, 0) is 11.3 Å². The lowest BCUT2D eigenvalue weighted by molar-refractivity contribution is -0.116. The summed E-state index contributed by atoms with van der Waals surface area (Å²) in [7, 11) is 0. The maximum absolute atomic E-state index is 11.7. The van der Waals surface area contributed by atoms with Crippen LogP contribution in [0.3, 0.4) is 0 Å². The smallest absolute Gasteiger partial charge is 0.246 e. The van der Waals surface area contributed by atoms with Crippen molar-refractivity contribution < 1.29 is 4.79 Å². The Morgan fingerprint density at radius 2 is 2.24 bits per heavy atom. The fraction of sp³-hybridized carbons (Fsp3) is 0.0909. The molecule has 0 saturated carbocycles. The van der Waals surface area contributed by atoms with E-state index in [1.54, 1.807) is 6.20 Å². The van der Waals surface area contributed by atoms with E-state index in [0.29, 0.717) is 5.69 Å². The largest absolute Gasteiger partial charge is 0.396 e. The number of hydrogen-bond donors (Lipinski definition) is 2. The molecule has 0 radical (unpaired) electrons. The van der Waals surface area contributed by atoms with E-state index < -0.39 is 0 Å². The number of para-hydroxylation sites is 1. The Hall–Kier alpha value is -1.57. The molecule has 1 aromatic carbocycles. The molecule has 1 aromatic heterocycles. The van der Waals surface area contributed by atoms with Gasteiger partial charge < -0.3 is 11.1 Å². The number of nitrogen functional groups attached to an aromatic ring is 1. The summed E-state index contributed by atoms with van der Waals surface area (Å²) < 4.78 is 2.50. The Balaban J connectivity index is 2.01. The van der Waals surface area contributed by atoms with Gasteiger partial charge in [0, 0.05) is 9.77 Å². The van der Waals surface area contributed by atoms with Crippen LogP contribution < -0.4 is 11.1 Å². The summed E-state index contributed by atoms with van der Waals surface area (Å²) in [6, 6.07) is 7.59. The number of carbonyl (C=O) groups excluding carboxylic acids is 1. The van der Waals surface area contributed by atoms with Crippen LogP contribution in [0, 0.1) is 3.57 Å². The monoisotopic (exact) mass is 342 g/mol. The summed E-state index contributed by atoms with van der Waals surface area (Å²) in [6.07, 6.45) is 3.13. The van der Waals surface area contributed by atoms with E-state index in [-0.39, 0.29) is 12.5 Å². The van der Waals surface area contributed by atoms with Crippen molar-refractivity contribution in [3.63, 3.8) is 0 Å². The number of nitrogens with two attached hydrogens (primary N) is 1. The number of rotatable bonds is 3. The number of nitrogens with one attached hydrogen (secondary N) is 1. The van der Waals surface area contributed by atoms with Gasteiger partial charge in [0.2, 0.25) is 5.91 Å². The third-order valence-electron chi connectivity index (χ3n) is 2.11. The van der Waals surface area contributed by atoms with Crippen LogP contribution in [0.2, 0.25) is 0 Å². The number of benzene rings is 1. The van der Waals surface area contributed by atoms with Gasteiger partial charge in [0.15, 0.2) is 0 Å². The molecule has 6 heteroatoms. The summed E-state index contributed by atoms with van der Waals surface area (Å²) in [4.78, 5) is 11.7. The Bertz CT molecular complexity index is 538. The van der Waals surface area contributed by atoms with Crippen LogP contribution in [-0.4, -0.2) is 15.7 Å². The standard InChI is InChI=1S/C11H11IN4O/c12-9-3-1-2-4-10(9)15-11(17)7-16-6-8(13)5-14-16/h1-6H,7,13H2,(H,15,17). The second kappa shape index (κ2) is 5.17. The first-order valence-corrected chi connectivity index (χ1v) is 6.05. The molecule has 88 valence electrons. The fourth-order valence-electron chi connectivity index (χ4n) is 1.37. The zero-order chi connectivity index (χ0) is 12.3. The van der Waals surface area contributed by atoms with Crippen LogP contribution in [0.5, 0.6) is 0 Å². The fourth-order valence-corrected chi connectivity index (χ4v) is 1.89. The van der Waals surface area contributed by atoms with Crippen LogP contribution in [0.4, 0.5) is 11.4 Å². The Morgan fingerprint density at radius 1 is 1.47 bits per heavy atom. The Labute approximate surface area is 112 Å². The third kappa shape index (κ3) is 3.19. The molecule has 0 fully saturated rings. The highest BCUT2D eigenvalue weighted by Crippen LogP contribution is 2.16. The lowest BCUT2D eigenvalue weighted by atomic mass is 10.3. The van der Waals surface area contributed by atoms with Gasteiger partial charge in [0.1, 0.15) is 6.54 Å². The minimum atomic E-state index is -0.128. The first-order chi connectivity index (χ1) is 8.15. The van der Waals surface area contributed by atoms with Crippen molar-refractivity contribution in [2.24, 2.45) is 0 Å². The van der Waals surface area contributed by atoms with Gasteiger partial charge in [-0.2, -0.15) is 5.10 Å². The van der Waals surface area contributed by atoms with Gasteiger partial charge in [-0.3, -0.25) is 9.48 Å². The number of aromatic nitrogens is 2. The van der Waals surface area contributed by atoms with Gasteiger partial charge >= 0.3 is 0 Å². The Morgan fingerprint density at radius 3 is 2.88 bits per heavy atom. The highest BCUT2D eigenvalue weighted by atomic mass is 127. The van der Waals surface area contributed by atoms with Gasteiger partial charge in [-0.1, -0.05) is 12.1 Å². The number of nitrogens with zero attached hydrogens (tertiary/aromatic N) is 2. The molecule has 1 heterocycles. The summed E-state index contributed by atoms with van der Waals surface area (Å²) in [5, 5.41) is 6.77. The molecule has 1 amide bonds. The van der Waals surface area contributed by atoms with E-state index in [9.17, 15) is 4.79 Å². The molecule has 0 aliphatic rings. The van der Waals surface area contributed by atoms with Gasteiger partial charge in [-0.05, 0) is 34.7 Å². The molecule has 17 heavy (non-hydrogen) atoms. The third-order valence-corrected chi connectivity index (χ3v) is 3.05. The van der Waals surface area contributed by atoms with Gasteiger partial charge in [0.25, 0.3) is 0 Å². The van der Waals surface area contributed by atoms with E-state index in [4.69, 9.17) is 5.73 Å². The number of hydrogen-bond acceptors (Lipinski definition) is 3. The second-order valence-electron chi connectivity index (χ2n) is 3.50. The zero-order valence-corrected chi connectivity index (χ0v) is 11.1. The molecule has 0 spiro atoms. The molecular formula is C11H11IN4O. The SMILES string of the molecule is Nc1cnn(CC(=O)Nc2ccccc2I)c1. The molecule has 0 atom stereocenters.